The van der Waals surface area contributed by atoms with Gasteiger partial charge in [-0.25, -0.2) is 14.8 Å². The van der Waals surface area contributed by atoms with Crippen molar-refractivity contribution in [3.63, 3.8) is 0 Å². The topological polar surface area (TPSA) is 142 Å². The van der Waals surface area contributed by atoms with Crippen molar-refractivity contribution >= 4 is 17.9 Å². The van der Waals surface area contributed by atoms with Gasteiger partial charge >= 0.3 is 6.09 Å². The van der Waals surface area contributed by atoms with E-state index in [-0.39, 0.29) is 35.9 Å². The van der Waals surface area contributed by atoms with E-state index < -0.39 is 12.1 Å². The van der Waals surface area contributed by atoms with Crippen molar-refractivity contribution in [1.29, 1.82) is 0 Å². The van der Waals surface area contributed by atoms with Gasteiger partial charge < -0.3 is 24.9 Å². The minimum atomic E-state index is -1.12. The zero-order valence-corrected chi connectivity index (χ0v) is 32.9. The van der Waals surface area contributed by atoms with Crippen LogP contribution in [-0.2, 0) is 9.59 Å². The van der Waals surface area contributed by atoms with Crippen molar-refractivity contribution in [1.82, 2.24) is 39.5 Å². The number of amides is 3. The molecule has 0 unspecified atom stereocenters. The third-order valence-electron chi connectivity index (χ3n) is 11.5. The van der Waals surface area contributed by atoms with Crippen LogP contribution < -0.4 is 0 Å². The zero-order valence-electron chi connectivity index (χ0n) is 32.9. The van der Waals surface area contributed by atoms with Crippen molar-refractivity contribution in [2.75, 3.05) is 33.7 Å². The summed E-state index contributed by atoms with van der Waals surface area (Å²) in [5.41, 5.74) is 6.93. The number of aromatic amines is 2. The number of likely N-dealkylation sites (tertiary alicyclic amines) is 2. The van der Waals surface area contributed by atoms with E-state index >= 15 is 0 Å². The number of hydrogen-bond donors (Lipinski definition) is 3. The summed E-state index contributed by atoms with van der Waals surface area (Å²) in [5, 5.41) is 9.59. The number of aromatic nitrogens is 4. The molecule has 2 aromatic heterocycles. The summed E-state index contributed by atoms with van der Waals surface area (Å²) in [4.78, 5) is 62.8. The number of H-pyrrole nitrogens is 2. The highest BCUT2D eigenvalue weighted by Gasteiger charge is 2.40. The van der Waals surface area contributed by atoms with E-state index in [2.05, 4.69) is 75.3 Å². The van der Waals surface area contributed by atoms with Crippen molar-refractivity contribution < 1.29 is 19.5 Å². The molecule has 2 fully saturated rings. The van der Waals surface area contributed by atoms with Gasteiger partial charge in [0.05, 0.1) is 35.9 Å². The molecule has 4 atom stereocenters. The second-order valence-electron chi connectivity index (χ2n) is 15.4. The van der Waals surface area contributed by atoms with Crippen molar-refractivity contribution in [2.45, 2.75) is 70.6 Å². The number of carbonyl (C=O) groups excluding carboxylic acids is 2. The number of hydrogen-bond acceptors (Lipinski definition) is 6. The number of benzene rings is 3. The summed E-state index contributed by atoms with van der Waals surface area (Å²) in [6, 6.07) is 25.3. The predicted molar refractivity (Wildman–Crippen MR) is 216 cm³/mol. The van der Waals surface area contributed by atoms with Crippen LogP contribution in [0.3, 0.4) is 0 Å². The first-order valence-corrected chi connectivity index (χ1v) is 19.7. The maximum absolute atomic E-state index is 14.1. The number of carbonyl (C=O) groups is 3. The molecular formula is C44H52N8O4. The third kappa shape index (κ3) is 7.70. The zero-order chi connectivity index (χ0) is 39.5. The molecule has 2 aliphatic heterocycles. The predicted octanol–water partition coefficient (Wildman–Crippen LogP) is 7.79. The Bertz CT molecular complexity index is 2130. The first-order chi connectivity index (χ1) is 27.0. The fraction of sp³-hybridized carbons (Fsp3) is 0.386. The lowest BCUT2D eigenvalue weighted by molar-refractivity contribution is -0.139. The van der Waals surface area contributed by atoms with Crippen molar-refractivity contribution in [2.24, 2.45) is 5.92 Å². The van der Waals surface area contributed by atoms with E-state index in [0.29, 0.717) is 18.9 Å². The van der Waals surface area contributed by atoms with E-state index in [1.807, 2.05) is 62.3 Å². The van der Waals surface area contributed by atoms with Gasteiger partial charge in [-0.3, -0.25) is 19.4 Å². The molecule has 0 spiro atoms. The van der Waals surface area contributed by atoms with Gasteiger partial charge in [-0.05, 0) is 73.0 Å². The van der Waals surface area contributed by atoms with Crippen LogP contribution in [0.1, 0.15) is 81.8 Å². The first kappa shape index (κ1) is 38.5. The molecule has 0 radical (unpaired) electrons. The lowest BCUT2D eigenvalue weighted by Crippen LogP contribution is -2.51. The van der Waals surface area contributed by atoms with Gasteiger partial charge in [-0.1, -0.05) is 99.6 Å². The Morgan fingerprint density at radius 1 is 0.732 bits per heavy atom. The standard InChI is InChI=1S/C44H52N8O4/c1-6-49(4)39(33-12-8-7-9-13-33)43(54)52-25-11-15-37(52)41-46-27-35(48-41)32-22-18-30(19-23-32)29-16-20-31(21-17-29)34-26-45-40(47-34)36-14-10-24-51(36)42(53)38(28(2)3)50(5)44(55)56/h7-9,12-13,16-23,26-28,36-39H,6,10-11,14-15,24-25H2,1-5H3,(H,45,47)(H,46,48)(H,55,56)/t36-,37-,38-,39+/m0/s1. The highest BCUT2D eigenvalue weighted by atomic mass is 16.4. The monoisotopic (exact) mass is 756 g/mol. The smallest absolute Gasteiger partial charge is 0.407 e. The first-order valence-electron chi connectivity index (χ1n) is 19.7. The summed E-state index contributed by atoms with van der Waals surface area (Å²) in [5.74, 6) is 1.29. The normalized spacial score (nSPS) is 18.1. The number of rotatable bonds is 12. The number of likely N-dealkylation sites (N-methyl/N-ethyl adjacent to an activating group) is 2. The van der Waals surface area contributed by atoms with Gasteiger partial charge in [0.2, 0.25) is 11.8 Å². The van der Waals surface area contributed by atoms with E-state index in [1.165, 1.54) is 7.05 Å². The van der Waals surface area contributed by atoms with Crippen molar-refractivity contribution in [3.8, 4) is 33.6 Å². The molecule has 5 aromatic rings. The average molecular weight is 757 g/mol. The van der Waals surface area contributed by atoms with Crippen LogP contribution in [0.4, 0.5) is 4.79 Å². The minimum absolute atomic E-state index is 0.0980. The van der Waals surface area contributed by atoms with Crippen LogP contribution in [0.2, 0.25) is 0 Å². The molecule has 0 saturated carbocycles. The highest BCUT2D eigenvalue weighted by Crippen LogP contribution is 2.37. The van der Waals surface area contributed by atoms with Crippen LogP contribution in [0.15, 0.2) is 91.3 Å². The van der Waals surface area contributed by atoms with Gasteiger partial charge in [0.25, 0.3) is 0 Å². The molecule has 2 aliphatic rings. The Labute approximate surface area is 328 Å². The van der Waals surface area contributed by atoms with Crippen LogP contribution in [-0.4, -0.2) is 102 Å². The Balaban J connectivity index is 1.02. The van der Waals surface area contributed by atoms with Crippen LogP contribution in [0.25, 0.3) is 33.6 Å². The average Bonchev–Trinajstić information content (AvgIpc) is 4.05. The molecule has 2 saturated heterocycles. The molecule has 3 N–H and O–H groups in total. The molecule has 12 nitrogen and oxygen atoms in total. The lowest BCUT2D eigenvalue weighted by atomic mass is 10.0. The largest absolute Gasteiger partial charge is 0.465 e. The Morgan fingerprint density at radius 3 is 1.64 bits per heavy atom. The van der Waals surface area contributed by atoms with Crippen LogP contribution in [0.5, 0.6) is 0 Å². The second-order valence-corrected chi connectivity index (χ2v) is 15.4. The molecule has 4 heterocycles. The molecule has 0 bridgehead atoms. The summed E-state index contributed by atoms with van der Waals surface area (Å²) in [6.07, 6.45) is 5.95. The quantitative estimate of drug-likeness (QED) is 0.118. The maximum atomic E-state index is 14.1. The number of nitrogens with zero attached hydrogens (tertiary/aromatic N) is 6. The van der Waals surface area contributed by atoms with Crippen LogP contribution in [0, 0.1) is 5.92 Å². The van der Waals surface area contributed by atoms with Gasteiger partial charge in [0, 0.05) is 20.1 Å². The second kappa shape index (κ2) is 16.5. The molecule has 12 heteroatoms. The Kier molecular flexibility index (Phi) is 11.4. The SMILES string of the molecule is CCN(C)[C@@H](C(=O)N1CCC[C@H]1c1ncc(-c2ccc(-c3ccc(-c4cnc([C@@H]5CCCN5C(=O)[C@H](C(C)C)N(C)C(=O)O)[nH]4)cc3)cc2)[nH]1)c1ccccc1. The molecule has 3 aromatic carbocycles. The molecule has 56 heavy (non-hydrogen) atoms. The van der Waals surface area contributed by atoms with E-state index in [9.17, 15) is 19.5 Å². The third-order valence-corrected chi connectivity index (χ3v) is 11.5. The maximum Gasteiger partial charge on any atom is 0.407 e. The summed E-state index contributed by atoms with van der Waals surface area (Å²) >= 11 is 0. The minimum Gasteiger partial charge on any atom is -0.465 e. The van der Waals surface area contributed by atoms with Gasteiger partial charge in [-0.15, -0.1) is 0 Å². The summed E-state index contributed by atoms with van der Waals surface area (Å²) in [7, 11) is 3.46. The summed E-state index contributed by atoms with van der Waals surface area (Å²) in [6.45, 7) is 7.86. The Hall–Kier alpha value is -5.75. The van der Waals surface area contributed by atoms with E-state index in [0.717, 1.165) is 82.2 Å². The number of imidazole rings is 2. The molecule has 7 rings (SSSR count). The molecular weight excluding hydrogens is 705 g/mol. The molecule has 3 amide bonds. The van der Waals surface area contributed by atoms with E-state index in [4.69, 9.17) is 4.98 Å². The number of nitrogens with one attached hydrogen (secondary N) is 2. The fourth-order valence-electron chi connectivity index (χ4n) is 8.37. The van der Waals surface area contributed by atoms with E-state index in [1.54, 1.807) is 11.1 Å². The fourth-order valence-corrected chi connectivity index (χ4v) is 8.37. The lowest BCUT2D eigenvalue weighted by Gasteiger charge is -2.33. The summed E-state index contributed by atoms with van der Waals surface area (Å²) < 4.78 is 0. The molecule has 292 valence electrons. The Morgan fingerprint density at radius 2 is 1.20 bits per heavy atom. The highest BCUT2D eigenvalue weighted by molar-refractivity contribution is 5.86. The van der Waals surface area contributed by atoms with Gasteiger partial charge in [-0.2, -0.15) is 0 Å². The van der Waals surface area contributed by atoms with Gasteiger partial charge in [0.1, 0.15) is 23.7 Å². The van der Waals surface area contributed by atoms with Crippen molar-refractivity contribution in [3.05, 3.63) is 108 Å². The van der Waals surface area contributed by atoms with Crippen LogP contribution >= 0.6 is 0 Å². The molecule has 0 aliphatic carbocycles. The number of carboxylic acid groups (broad SMARTS) is 1. The van der Waals surface area contributed by atoms with Gasteiger partial charge in [0.15, 0.2) is 0 Å².